The summed E-state index contributed by atoms with van der Waals surface area (Å²) >= 11 is 0. The molecule has 0 radical (unpaired) electrons. The normalized spacial score (nSPS) is 18.4. The van der Waals surface area contributed by atoms with E-state index in [1.54, 1.807) is 12.1 Å². The first kappa shape index (κ1) is 14.7. The highest BCUT2D eigenvalue weighted by molar-refractivity contribution is 7.85. The Balaban J connectivity index is 1.90. The fourth-order valence-corrected chi connectivity index (χ4v) is 3.00. The molecular formula is C16H16N2O3S. The smallest absolute Gasteiger partial charge is 0.282 e. The SMILES string of the molecule is C[C@@H]1CC(c2ccccc2)=NN1c1ccc(S(=O)(=O)O)cc1. The summed E-state index contributed by atoms with van der Waals surface area (Å²) in [6.45, 7) is 2.07. The Morgan fingerprint density at radius 1 is 1.09 bits per heavy atom. The number of rotatable bonds is 3. The van der Waals surface area contributed by atoms with Crippen LogP contribution in [0, 0.1) is 0 Å². The van der Waals surface area contributed by atoms with Gasteiger partial charge in [-0.3, -0.25) is 9.56 Å². The summed E-state index contributed by atoms with van der Waals surface area (Å²) in [7, 11) is -4.16. The van der Waals surface area contributed by atoms with Gasteiger partial charge in [0.05, 0.1) is 22.3 Å². The molecule has 1 N–H and O–H groups in total. The summed E-state index contributed by atoms with van der Waals surface area (Å²) in [5, 5.41) is 6.51. The van der Waals surface area contributed by atoms with Gasteiger partial charge in [-0.15, -0.1) is 0 Å². The molecular weight excluding hydrogens is 300 g/mol. The maximum absolute atomic E-state index is 11.1. The summed E-state index contributed by atoms with van der Waals surface area (Å²) in [6.07, 6.45) is 0.823. The maximum atomic E-state index is 11.1. The first-order valence-electron chi connectivity index (χ1n) is 6.95. The Bertz CT molecular complexity index is 799. The molecule has 6 heteroatoms. The summed E-state index contributed by atoms with van der Waals surface area (Å²) in [5.74, 6) is 0. The van der Waals surface area contributed by atoms with Gasteiger partial charge in [0.1, 0.15) is 0 Å². The standard InChI is InChI=1S/C16H16N2O3S/c1-12-11-16(13-5-3-2-4-6-13)17-18(12)14-7-9-15(10-8-14)22(19,20)21/h2-10,12H,11H2,1H3,(H,19,20,21)/t12-/m1/s1. The molecule has 2 aromatic carbocycles. The van der Waals surface area contributed by atoms with Crippen molar-refractivity contribution in [2.24, 2.45) is 5.10 Å². The molecule has 0 unspecified atom stereocenters. The molecule has 0 bridgehead atoms. The highest BCUT2D eigenvalue weighted by atomic mass is 32.2. The topological polar surface area (TPSA) is 70.0 Å². The zero-order chi connectivity index (χ0) is 15.7. The van der Waals surface area contributed by atoms with Gasteiger partial charge >= 0.3 is 0 Å². The molecule has 1 atom stereocenters. The van der Waals surface area contributed by atoms with Crippen LogP contribution >= 0.6 is 0 Å². The van der Waals surface area contributed by atoms with Gasteiger partial charge in [0, 0.05) is 6.42 Å². The van der Waals surface area contributed by atoms with Crippen LogP contribution in [-0.4, -0.2) is 24.7 Å². The highest BCUT2D eigenvalue weighted by Gasteiger charge is 2.25. The zero-order valence-electron chi connectivity index (χ0n) is 12.0. The Hall–Kier alpha value is -2.18. The fraction of sp³-hybridized carbons (Fsp3) is 0.188. The Labute approximate surface area is 129 Å². The van der Waals surface area contributed by atoms with Gasteiger partial charge in [-0.25, -0.2) is 0 Å². The van der Waals surface area contributed by atoms with Crippen LogP contribution in [0.15, 0.2) is 64.6 Å². The molecule has 1 aliphatic rings. The van der Waals surface area contributed by atoms with Crippen molar-refractivity contribution in [1.29, 1.82) is 0 Å². The molecule has 0 aromatic heterocycles. The van der Waals surface area contributed by atoms with Gasteiger partial charge in [-0.1, -0.05) is 30.3 Å². The van der Waals surface area contributed by atoms with E-state index in [9.17, 15) is 8.42 Å². The molecule has 0 amide bonds. The summed E-state index contributed by atoms with van der Waals surface area (Å²) in [5.41, 5.74) is 2.89. The predicted octanol–water partition coefficient (Wildman–Crippen LogP) is 2.94. The molecule has 114 valence electrons. The van der Waals surface area contributed by atoms with Gasteiger partial charge in [0.25, 0.3) is 10.1 Å². The lowest BCUT2D eigenvalue weighted by atomic mass is 10.1. The number of hydrazone groups is 1. The lowest BCUT2D eigenvalue weighted by molar-refractivity contribution is 0.483. The molecule has 0 aliphatic carbocycles. The van der Waals surface area contributed by atoms with Crippen molar-refractivity contribution in [2.45, 2.75) is 24.3 Å². The van der Waals surface area contributed by atoms with E-state index in [2.05, 4.69) is 12.0 Å². The van der Waals surface area contributed by atoms with E-state index in [4.69, 9.17) is 4.55 Å². The van der Waals surface area contributed by atoms with E-state index in [1.165, 1.54) is 12.1 Å². The molecule has 5 nitrogen and oxygen atoms in total. The van der Waals surface area contributed by atoms with Crippen LogP contribution in [0.25, 0.3) is 0 Å². The number of nitrogens with zero attached hydrogens (tertiary/aromatic N) is 2. The van der Waals surface area contributed by atoms with Gasteiger partial charge < -0.3 is 0 Å². The van der Waals surface area contributed by atoms with Crippen LogP contribution < -0.4 is 5.01 Å². The molecule has 3 rings (SSSR count). The second kappa shape index (κ2) is 5.55. The molecule has 2 aromatic rings. The van der Waals surface area contributed by atoms with E-state index in [0.29, 0.717) is 0 Å². The first-order chi connectivity index (χ1) is 10.4. The van der Waals surface area contributed by atoms with Crippen LogP contribution in [0.4, 0.5) is 5.69 Å². The van der Waals surface area contributed by atoms with E-state index >= 15 is 0 Å². The molecule has 0 fully saturated rings. The zero-order valence-corrected chi connectivity index (χ0v) is 12.9. The van der Waals surface area contributed by atoms with E-state index in [-0.39, 0.29) is 10.9 Å². The third-order valence-corrected chi connectivity index (χ3v) is 4.51. The molecule has 1 heterocycles. The van der Waals surface area contributed by atoms with Gasteiger partial charge in [0.2, 0.25) is 0 Å². The molecule has 0 saturated carbocycles. The summed E-state index contributed by atoms with van der Waals surface area (Å²) in [4.78, 5) is -0.115. The van der Waals surface area contributed by atoms with Crippen molar-refractivity contribution in [3.8, 4) is 0 Å². The lowest BCUT2D eigenvalue weighted by Crippen LogP contribution is -2.22. The number of hydrogen-bond acceptors (Lipinski definition) is 4. The van der Waals surface area contributed by atoms with Crippen molar-refractivity contribution in [3.63, 3.8) is 0 Å². The van der Waals surface area contributed by atoms with Crippen molar-refractivity contribution < 1.29 is 13.0 Å². The number of benzene rings is 2. The Morgan fingerprint density at radius 2 is 1.73 bits per heavy atom. The molecule has 22 heavy (non-hydrogen) atoms. The third kappa shape index (κ3) is 2.88. The minimum absolute atomic E-state index is 0.115. The average molecular weight is 316 g/mol. The van der Waals surface area contributed by atoms with Crippen molar-refractivity contribution >= 4 is 21.5 Å². The van der Waals surface area contributed by atoms with E-state index in [0.717, 1.165) is 23.4 Å². The highest BCUT2D eigenvalue weighted by Crippen LogP contribution is 2.27. The fourth-order valence-electron chi connectivity index (χ4n) is 2.52. The minimum Gasteiger partial charge on any atom is -0.282 e. The maximum Gasteiger partial charge on any atom is 0.294 e. The molecule has 0 saturated heterocycles. The molecule has 1 aliphatic heterocycles. The van der Waals surface area contributed by atoms with Crippen LogP contribution in [0.1, 0.15) is 18.9 Å². The van der Waals surface area contributed by atoms with Gasteiger partial charge in [-0.05, 0) is 36.8 Å². The second-order valence-electron chi connectivity index (χ2n) is 5.28. The predicted molar refractivity (Wildman–Crippen MR) is 85.8 cm³/mol. The first-order valence-corrected chi connectivity index (χ1v) is 8.39. The number of anilines is 1. The average Bonchev–Trinajstić information content (AvgIpc) is 2.89. The van der Waals surface area contributed by atoms with Crippen molar-refractivity contribution in [2.75, 3.05) is 5.01 Å². The van der Waals surface area contributed by atoms with Crippen LogP contribution in [0.2, 0.25) is 0 Å². The quantitative estimate of drug-likeness (QED) is 0.884. The van der Waals surface area contributed by atoms with Crippen LogP contribution in [0.5, 0.6) is 0 Å². The lowest BCUT2D eigenvalue weighted by Gasteiger charge is -2.19. The van der Waals surface area contributed by atoms with E-state index in [1.807, 2.05) is 35.3 Å². The van der Waals surface area contributed by atoms with Gasteiger partial charge in [0.15, 0.2) is 0 Å². The second-order valence-corrected chi connectivity index (χ2v) is 6.70. The van der Waals surface area contributed by atoms with E-state index < -0.39 is 10.1 Å². The Kier molecular flexibility index (Phi) is 3.72. The van der Waals surface area contributed by atoms with Crippen molar-refractivity contribution in [1.82, 2.24) is 0 Å². The molecule has 0 spiro atoms. The number of hydrogen-bond donors (Lipinski definition) is 1. The largest absolute Gasteiger partial charge is 0.294 e. The summed E-state index contributed by atoms with van der Waals surface area (Å²) < 4.78 is 31.2. The third-order valence-electron chi connectivity index (χ3n) is 3.64. The Morgan fingerprint density at radius 3 is 2.32 bits per heavy atom. The monoisotopic (exact) mass is 316 g/mol. The summed E-state index contributed by atoms with van der Waals surface area (Å²) in [6, 6.07) is 16.2. The minimum atomic E-state index is -4.16. The van der Waals surface area contributed by atoms with Crippen LogP contribution in [-0.2, 0) is 10.1 Å². The van der Waals surface area contributed by atoms with Crippen LogP contribution in [0.3, 0.4) is 0 Å². The van der Waals surface area contributed by atoms with Crippen molar-refractivity contribution in [3.05, 3.63) is 60.2 Å². The van der Waals surface area contributed by atoms with Gasteiger partial charge in [-0.2, -0.15) is 13.5 Å².